The largest absolute Gasteiger partial charge is 0.462 e. The van der Waals surface area contributed by atoms with Crippen molar-refractivity contribution in [2.24, 2.45) is 0 Å². The number of allylic oxidation sites excluding steroid dienone is 8. The molecule has 0 aliphatic heterocycles. The van der Waals surface area contributed by atoms with Crippen LogP contribution in [-0.2, 0) is 28.6 Å². The van der Waals surface area contributed by atoms with Crippen molar-refractivity contribution >= 4 is 17.9 Å². The molecule has 0 aromatic carbocycles. The molecular weight excluding hydrogens is 685 g/mol. The lowest BCUT2D eigenvalue weighted by Crippen LogP contribution is -2.30. The molecule has 0 bridgehead atoms. The Hall–Kier alpha value is -2.63. The number of carbonyl (C=O) groups is 3. The number of ether oxygens (including phenoxy) is 3. The van der Waals surface area contributed by atoms with E-state index in [1.807, 2.05) is 0 Å². The highest BCUT2D eigenvalue weighted by atomic mass is 16.6. The Labute approximate surface area is 339 Å². The van der Waals surface area contributed by atoms with Gasteiger partial charge in [0, 0.05) is 19.3 Å². The van der Waals surface area contributed by atoms with Crippen molar-refractivity contribution in [3.05, 3.63) is 48.6 Å². The van der Waals surface area contributed by atoms with E-state index < -0.39 is 6.10 Å². The summed E-state index contributed by atoms with van der Waals surface area (Å²) in [6.07, 6.45) is 50.9. The molecule has 0 aliphatic carbocycles. The van der Waals surface area contributed by atoms with Gasteiger partial charge in [-0.15, -0.1) is 0 Å². The fraction of sp³-hybridized carbons (Fsp3) is 0.776. The predicted molar refractivity (Wildman–Crippen MR) is 233 cm³/mol. The van der Waals surface area contributed by atoms with Crippen LogP contribution < -0.4 is 0 Å². The van der Waals surface area contributed by atoms with Crippen molar-refractivity contribution in [3.63, 3.8) is 0 Å². The molecule has 0 aromatic heterocycles. The normalized spacial score (nSPS) is 12.4. The number of unbranched alkanes of at least 4 members (excludes halogenated alkanes) is 22. The summed E-state index contributed by atoms with van der Waals surface area (Å²) in [6, 6.07) is 0. The van der Waals surface area contributed by atoms with Gasteiger partial charge in [0.2, 0.25) is 0 Å². The average Bonchev–Trinajstić information content (AvgIpc) is 3.18. The van der Waals surface area contributed by atoms with Crippen LogP contribution in [0.5, 0.6) is 0 Å². The average molecular weight is 771 g/mol. The SMILES string of the molecule is CC/C=C\C/C=C\C/C=C\CCCCCC(=O)OC(COC(=O)CCCCCCC/C=C\CCCCCCC)COC(=O)CCCCCCCCCCCC. The van der Waals surface area contributed by atoms with Crippen LogP contribution in [0.15, 0.2) is 48.6 Å². The number of esters is 3. The van der Waals surface area contributed by atoms with Gasteiger partial charge in [-0.25, -0.2) is 0 Å². The van der Waals surface area contributed by atoms with E-state index in [4.69, 9.17) is 14.2 Å². The van der Waals surface area contributed by atoms with Gasteiger partial charge < -0.3 is 14.2 Å². The first kappa shape index (κ1) is 52.4. The highest BCUT2D eigenvalue weighted by molar-refractivity contribution is 5.71. The lowest BCUT2D eigenvalue weighted by molar-refractivity contribution is -0.167. The standard InChI is InChI=1S/C49H86O6/c1-4-7-10-13-16-19-22-24-26-27-30-33-36-39-42-48(51)54-45-46(44-53-47(50)41-38-35-32-29-21-18-15-12-9-6-3)55-49(52)43-40-37-34-31-28-25-23-20-17-14-11-8-5-2/h8,11,17,20,22,24-25,28,46H,4-7,9-10,12-16,18-19,21,23,26-27,29-45H2,1-3H3/b11-8-,20-17-,24-22-,28-25-. The van der Waals surface area contributed by atoms with Crippen LogP contribution in [0, 0.1) is 0 Å². The molecule has 0 amide bonds. The molecule has 1 unspecified atom stereocenters. The Kier molecular flexibility index (Phi) is 42.0. The van der Waals surface area contributed by atoms with Gasteiger partial charge in [-0.3, -0.25) is 14.4 Å². The van der Waals surface area contributed by atoms with Crippen molar-refractivity contribution in [2.45, 2.75) is 232 Å². The summed E-state index contributed by atoms with van der Waals surface area (Å²) < 4.78 is 16.7. The van der Waals surface area contributed by atoms with Crippen LogP contribution in [0.25, 0.3) is 0 Å². The molecule has 0 aromatic rings. The molecule has 55 heavy (non-hydrogen) atoms. The van der Waals surface area contributed by atoms with Gasteiger partial charge in [-0.2, -0.15) is 0 Å². The van der Waals surface area contributed by atoms with E-state index in [9.17, 15) is 14.4 Å². The Morgan fingerprint density at radius 2 is 0.709 bits per heavy atom. The van der Waals surface area contributed by atoms with E-state index in [0.717, 1.165) is 89.9 Å². The van der Waals surface area contributed by atoms with Crippen molar-refractivity contribution < 1.29 is 28.6 Å². The zero-order valence-electron chi connectivity index (χ0n) is 36.2. The first-order chi connectivity index (χ1) is 27.0. The maximum absolute atomic E-state index is 12.7. The maximum atomic E-state index is 12.7. The van der Waals surface area contributed by atoms with E-state index in [1.165, 1.54) is 96.3 Å². The van der Waals surface area contributed by atoms with Crippen LogP contribution in [0.1, 0.15) is 226 Å². The summed E-state index contributed by atoms with van der Waals surface area (Å²) in [5.41, 5.74) is 0. The van der Waals surface area contributed by atoms with Crippen molar-refractivity contribution in [1.29, 1.82) is 0 Å². The van der Waals surface area contributed by atoms with E-state index in [2.05, 4.69) is 69.4 Å². The van der Waals surface area contributed by atoms with Crippen LogP contribution in [0.3, 0.4) is 0 Å². The van der Waals surface area contributed by atoms with Crippen molar-refractivity contribution in [2.75, 3.05) is 13.2 Å². The molecule has 6 heteroatoms. The second-order valence-electron chi connectivity index (χ2n) is 15.3. The van der Waals surface area contributed by atoms with Gasteiger partial charge in [-0.1, -0.05) is 179 Å². The minimum atomic E-state index is -0.786. The van der Waals surface area contributed by atoms with Gasteiger partial charge in [0.25, 0.3) is 0 Å². The minimum Gasteiger partial charge on any atom is -0.462 e. The van der Waals surface area contributed by atoms with Gasteiger partial charge in [-0.05, 0) is 77.0 Å². The summed E-state index contributed by atoms with van der Waals surface area (Å²) in [4.78, 5) is 37.7. The highest BCUT2D eigenvalue weighted by Crippen LogP contribution is 2.14. The van der Waals surface area contributed by atoms with Crippen LogP contribution in [0.2, 0.25) is 0 Å². The zero-order valence-corrected chi connectivity index (χ0v) is 36.2. The Balaban J connectivity index is 4.42. The number of carbonyl (C=O) groups excluding carboxylic acids is 3. The summed E-state index contributed by atoms with van der Waals surface area (Å²) in [6.45, 7) is 6.46. The predicted octanol–water partition coefficient (Wildman–Crippen LogP) is 14.8. The van der Waals surface area contributed by atoms with Crippen molar-refractivity contribution in [3.8, 4) is 0 Å². The third-order valence-electron chi connectivity index (χ3n) is 9.82. The van der Waals surface area contributed by atoms with Crippen LogP contribution in [0.4, 0.5) is 0 Å². The Bertz CT molecular complexity index is 980. The molecule has 318 valence electrons. The fourth-order valence-corrected chi connectivity index (χ4v) is 6.33. The third kappa shape index (κ3) is 42.4. The molecule has 0 radical (unpaired) electrons. The second kappa shape index (κ2) is 44.1. The lowest BCUT2D eigenvalue weighted by atomic mass is 10.1. The van der Waals surface area contributed by atoms with E-state index in [-0.39, 0.29) is 31.1 Å². The van der Waals surface area contributed by atoms with Gasteiger partial charge in [0.1, 0.15) is 13.2 Å². The Morgan fingerprint density at radius 3 is 1.15 bits per heavy atom. The summed E-state index contributed by atoms with van der Waals surface area (Å²) in [5.74, 6) is -0.926. The molecule has 0 N–H and O–H groups in total. The number of rotatable bonds is 41. The third-order valence-corrected chi connectivity index (χ3v) is 9.82. The smallest absolute Gasteiger partial charge is 0.306 e. The summed E-state index contributed by atoms with van der Waals surface area (Å²) >= 11 is 0. The van der Waals surface area contributed by atoms with E-state index >= 15 is 0 Å². The summed E-state index contributed by atoms with van der Waals surface area (Å²) in [7, 11) is 0. The van der Waals surface area contributed by atoms with Gasteiger partial charge in [0.05, 0.1) is 0 Å². The molecule has 6 nitrogen and oxygen atoms in total. The quantitative estimate of drug-likeness (QED) is 0.0267. The van der Waals surface area contributed by atoms with Gasteiger partial charge >= 0.3 is 17.9 Å². The number of hydrogen-bond acceptors (Lipinski definition) is 6. The second-order valence-corrected chi connectivity index (χ2v) is 15.3. The molecule has 0 spiro atoms. The first-order valence-electron chi connectivity index (χ1n) is 23.1. The van der Waals surface area contributed by atoms with E-state index in [1.54, 1.807) is 0 Å². The monoisotopic (exact) mass is 771 g/mol. The maximum Gasteiger partial charge on any atom is 0.306 e. The highest BCUT2D eigenvalue weighted by Gasteiger charge is 2.19. The van der Waals surface area contributed by atoms with E-state index in [0.29, 0.717) is 19.3 Å². The first-order valence-corrected chi connectivity index (χ1v) is 23.1. The molecule has 0 aliphatic rings. The zero-order chi connectivity index (χ0) is 40.1. The van der Waals surface area contributed by atoms with Crippen molar-refractivity contribution in [1.82, 2.24) is 0 Å². The van der Waals surface area contributed by atoms with Crippen LogP contribution in [-0.4, -0.2) is 37.2 Å². The topological polar surface area (TPSA) is 78.9 Å². The van der Waals surface area contributed by atoms with Gasteiger partial charge in [0.15, 0.2) is 6.10 Å². The lowest BCUT2D eigenvalue weighted by Gasteiger charge is -2.18. The molecule has 0 saturated heterocycles. The molecule has 0 saturated carbocycles. The number of hydrogen-bond donors (Lipinski definition) is 0. The molecule has 0 fully saturated rings. The molecular formula is C49H86O6. The summed E-state index contributed by atoms with van der Waals surface area (Å²) in [5, 5.41) is 0. The molecule has 0 rings (SSSR count). The molecule has 1 atom stereocenters. The Morgan fingerprint density at radius 1 is 0.382 bits per heavy atom. The van der Waals surface area contributed by atoms with Crippen LogP contribution >= 0.6 is 0 Å². The molecule has 0 heterocycles. The fourth-order valence-electron chi connectivity index (χ4n) is 6.33. The minimum absolute atomic E-state index is 0.0863.